The average Bonchev–Trinajstić information content (AvgIpc) is 3.25. The van der Waals surface area contributed by atoms with Crippen molar-refractivity contribution < 1.29 is 89.4 Å². The SMILES string of the molecule is CCCCCCCCCCCCCC(=O)NC(COC1OC(CO)C(OC2OC(CO)C(OC3OC(CO)C(O)C(O)C3O)C(O)C2O)C(O)C1O)C(O)CCCCCCC. The Morgan fingerprint density at radius 2 is 0.934 bits per heavy atom. The lowest BCUT2D eigenvalue weighted by atomic mass is 9.96. The van der Waals surface area contributed by atoms with Gasteiger partial charge in [0, 0.05) is 6.42 Å². The number of ether oxygens (including phenoxy) is 6. The summed E-state index contributed by atoms with van der Waals surface area (Å²) < 4.78 is 33.9. The normalized spacial score (nSPS) is 35.5. The molecule has 17 atom stereocenters. The molecule has 0 spiro atoms. The summed E-state index contributed by atoms with van der Waals surface area (Å²) in [6.45, 7) is 1.62. The largest absolute Gasteiger partial charge is 0.394 e. The Morgan fingerprint density at radius 3 is 1.43 bits per heavy atom. The van der Waals surface area contributed by atoms with Crippen LogP contribution in [0.4, 0.5) is 0 Å². The molecule has 0 aliphatic carbocycles. The van der Waals surface area contributed by atoms with Crippen LogP contribution in [0.2, 0.25) is 0 Å². The van der Waals surface area contributed by atoms with Gasteiger partial charge >= 0.3 is 0 Å². The predicted octanol–water partition coefficient (Wildman–Crippen LogP) is -0.641. The van der Waals surface area contributed by atoms with E-state index in [0.717, 1.165) is 51.4 Å². The number of hydrogen-bond donors (Lipinski definition) is 12. The number of carbonyl (C=O) groups is 1. The van der Waals surface area contributed by atoms with Gasteiger partial charge in [0.15, 0.2) is 18.9 Å². The highest BCUT2D eigenvalue weighted by Crippen LogP contribution is 2.33. The van der Waals surface area contributed by atoms with E-state index in [1.807, 2.05) is 0 Å². The fourth-order valence-electron chi connectivity index (χ4n) is 8.02. The molecule has 17 unspecified atom stereocenters. The molecule has 61 heavy (non-hydrogen) atoms. The molecule has 3 aliphatic heterocycles. The zero-order chi connectivity index (χ0) is 44.9. The zero-order valence-electron chi connectivity index (χ0n) is 36.1. The number of rotatable bonds is 30. The van der Waals surface area contributed by atoms with Crippen LogP contribution in [0.3, 0.4) is 0 Å². The van der Waals surface area contributed by atoms with Crippen molar-refractivity contribution in [3.05, 3.63) is 0 Å². The van der Waals surface area contributed by atoms with E-state index in [4.69, 9.17) is 28.4 Å². The smallest absolute Gasteiger partial charge is 0.220 e. The van der Waals surface area contributed by atoms with E-state index in [-0.39, 0.29) is 18.9 Å². The van der Waals surface area contributed by atoms with Crippen molar-refractivity contribution in [3.8, 4) is 0 Å². The molecule has 0 bridgehead atoms. The summed E-state index contributed by atoms with van der Waals surface area (Å²) in [6.07, 6.45) is -8.44. The maximum absolute atomic E-state index is 13.0. The summed E-state index contributed by atoms with van der Waals surface area (Å²) in [4.78, 5) is 13.0. The van der Waals surface area contributed by atoms with Crippen molar-refractivity contribution in [1.29, 1.82) is 0 Å². The van der Waals surface area contributed by atoms with Crippen LogP contribution in [-0.2, 0) is 33.2 Å². The minimum absolute atomic E-state index is 0.253. The molecule has 12 N–H and O–H groups in total. The van der Waals surface area contributed by atoms with Gasteiger partial charge in [-0.25, -0.2) is 0 Å². The molecule has 19 nitrogen and oxygen atoms in total. The van der Waals surface area contributed by atoms with Gasteiger partial charge in [-0.1, -0.05) is 110 Å². The van der Waals surface area contributed by atoms with Gasteiger partial charge < -0.3 is 89.9 Å². The van der Waals surface area contributed by atoms with Crippen LogP contribution >= 0.6 is 0 Å². The molecule has 360 valence electrons. The van der Waals surface area contributed by atoms with E-state index < -0.39 is 124 Å². The fourth-order valence-corrected chi connectivity index (χ4v) is 8.02. The van der Waals surface area contributed by atoms with Crippen LogP contribution in [0.5, 0.6) is 0 Å². The Kier molecular flexibility index (Phi) is 26.0. The number of unbranched alkanes of at least 4 members (excludes halogenated alkanes) is 14. The molecule has 19 heteroatoms. The molecule has 3 rings (SSSR count). The summed E-state index contributed by atoms with van der Waals surface area (Å²) >= 11 is 0. The quantitative estimate of drug-likeness (QED) is 0.0399. The average molecular weight is 886 g/mol. The van der Waals surface area contributed by atoms with Gasteiger partial charge in [-0.3, -0.25) is 4.79 Å². The zero-order valence-corrected chi connectivity index (χ0v) is 36.1. The van der Waals surface area contributed by atoms with Crippen LogP contribution < -0.4 is 5.32 Å². The van der Waals surface area contributed by atoms with E-state index in [2.05, 4.69) is 19.2 Å². The van der Waals surface area contributed by atoms with E-state index in [1.165, 1.54) is 44.9 Å². The first-order chi connectivity index (χ1) is 29.3. The van der Waals surface area contributed by atoms with Crippen molar-refractivity contribution in [2.24, 2.45) is 0 Å². The highest BCUT2D eigenvalue weighted by Gasteiger charge is 2.53. The number of hydrogen-bond acceptors (Lipinski definition) is 18. The summed E-state index contributed by atoms with van der Waals surface area (Å²) in [5.74, 6) is -0.253. The number of carbonyl (C=O) groups excluding carboxylic acids is 1. The van der Waals surface area contributed by atoms with Gasteiger partial charge in [0.2, 0.25) is 5.91 Å². The van der Waals surface area contributed by atoms with Crippen LogP contribution in [0, 0.1) is 0 Å². The van der Waals surface area contributed by atoms with E-state index in [1.54, 1.807) is 0 Å². The second-order valence-corrected chi connectivity index (χ2v) is 16.9. The molecular formula is C42H79NO18. The van der Waals surface area contributed by atoms with Crippen molar-refractivity contribution in [1.82, 2.24) is 5.32 Å². The summed E-state index contributed by atoms with van der Waals surface area (Å²) in [5.41, 5.74) is 0. The lowest BCUT2D eigenvalue weighted by Crippen LogP contribution is -2.66. The Hall–Kier alpha value is -1.21. The highest BCUT2D eigenvalue weighted by atomic mass is 16.8. The summed E-state index contributed by atoms with van der Waals surface area (Å²) in [7, 11) is 0. The second kappa shape index (κ2) is 29.4. The van der Waals surface area contributed by atoms with Gasteiger partial charge in [-0.15, -0.1) is 0 Å². The molecule has 1 amide bonds. The topological polar surface area (TPSA) is 307 Å². The third-order valence-corrected chi connectivity index (χ3v) is 11.9. The molecule has 0 aromatic heterocycles. The van der Waals surface area contributed by atoms with Crippen LogP contribution in [0.25, 0.3) is 0 Å². The van der Waals surface area contributed by atoms with Crippen LogP contribution in [0.1, 0.15) is 129 Å². The first-order valence-electron chi connectivity index (χ1n) is 22.8. The van der Waals surface area contributed by atoms with Crippen LogP contribution in [0.15, 0.2) is 0 Å². The molecule has 0 radical (unpaired) electrons. The van der Waals surface area contributed by atoms with Crippen molar-refractivity contribution in [2.75, 3.05) is 26.4 Å². The standard InChI is InChI=1S/C42H79NO18/c1-3-5-7-9-10-11-12-13-14-16-18-20-30(48)43-25(26(47)19-17-15-8-6-4-2)24-56-40-36(54)33(51)38(28(22-45)58-40)61-42-37(55)34(52)39(29(23-46)59-42)60-41-35(53)32(50)31(49)27(21-44)57-41/h25-29,31-42,44-47,49-55H,3-24H2,1-2H3,(H,43,48). The number of amides is 1. The lowest BCUT2D eigenvalue weighted by Gasteiger charge is -2.48. The molecule has 0 saturated carbocycles. The molecular weight excluding hydrogens is 806 g/mol. The van der Waals surface area contributed by atoms with Gasteiger partial charge in [0.05, 0.1) is 38.6 Å². The lowest BCUT2D eigenvalue weighted by molar-refractivity contribution is -0.379. The van der Waals surface area contributed by atoms with Crippen molar-refractivity contribution >= 4 is 5.91 Å². The highest BCUT2D eigenvalue weighted by molar-refractivity contribution is 5.76. The third kappa shape index (κ3) is 16.9. The maximum Gasteiger partial charge on any atom is 0.220 e. The predicted molar refractivity (Wildman–Crippen MR) is 217 cm³/mol. The molecule has 3 fully saturated rings. The minimum atomic E-state index is -1.96. The third-order valence-electron chi connectivity index (χ3n) is 11.9. The second-order valence-electron chi connectivity index (χ2n) is 16.9. The molecule has 3 heterocycles. The fraction of sp³-hybridized carbons (Fsp3) is 0.976. The van der Waals surface area contributed by atoms with Crippen molar-refractivity contribution in [2.45, 2.75) is 234 Å². The van der Waals surface area contributed by atoms with Gasteiger partial charge in [0.1, 0.15) is 73.2 Å². The van der Waals surface area contributed by atoms with Crippen LogP contribution in [-0.4, -0.2) is 193 Å². The monoisotopic (exact) mass is 886 g/mol. The van der Waals surface area contributed by atoms with Gasteiger partial charge in [-0.05, 0) is 12.8 Å². The first-order valence-corrected chi connectivity index (χ1v) is 22.8. The molecule has 0 aromatic rings. The maximum atomic E-state index is 13.0. The Morgan fingerprint density at radius 1 is 0.525 bits per heavy atom. The summed E-state index contributed by atoms with van der Waals surface area (Å²) in [6, 6.07) is -0.873. The Balaban J connectivity index is 1.57. The molecule has 3 saturated heterocycles. The van der Waals surface area contributed by atoms with E-state index in [0.29, 0.717) is 12.8 Å². The molecule has 3 aliphatic rings. The Labute approximate surface area is 360 Å². The number of aliphatic hydroxyl groups excluding tert-OH is 11. The van der Waals surface area contributed by atoms with Gasteiger partial charge in [0.25, 0.3) is 0 Å². The molecule has 0 aromatic carbocycles. The van der Waals surface area contributed by atoms with E-state index in [9.17, 15) is 61.0 Å². The first kappa shape index (κ1) is 54.1. The number of aliphatic hydroxyl groups is 11. The van der Waals surface area contributed by atoms with Crippen molar-refractivity contribution in [3.63, 3.8) is 0 Å². The summed E-state index contributed by atoms with van der Waals surface area (Å²) in [5, 5.41) is 119. The van der Waals surface area contributed by atoms with E-state index >= 15 is 0 Å². The van der Waals surface area contributed by atoms with Gasteiger partial charge in [-0.2, -0.15) is 0 Å². The number of nitrogens with one attached hydrogen (secondary N) is 1. The minimum Gasteiger partial charge on any atom is -0.394 e. The Bertz CT molecular complexity index is 1160.